The molecule has 4 heteroatoms. The molecule has 59 valence electrons. The summed E-state index contributed by atoms with van der Waals surface area (Å²) in [5.41, 5.74) is 0. The van der Waals surface area contributed by atoms with E-state index in [1.807, 2.05) is 0 Å². The number of carboxylic acid groups (broad SMARTS) is 1. The first-order valence-electron chi connectivity index (χ1n) is 3.07. The highest BCUT2D eigenvalue weighted by molar-refractivity contribution is 5.69. The van der Waals surface area contributed by atoms with Crippen molar-refractivity contribution in [2.24, 2.45) is 5.92 Å². The number of rotatable bonds is 5. The average Bonchev–Trinajstić information content (AvgIpc) is 1.88. The zero-order chi connectivity index (χ0) is 7.98. The summed E-state index contributed by atoms with van der Waals surface area (Å²) in [7, 11) is 0. The van der Waals surface area contributed by atoms with Crippen molar-refractivity contribution < 1.29 is 19.7 Å². The minimum atomic E-state index is -0.897. The molecule has 1 N–H and O–H groups in total. The molecule has 0 aliphatic heterocycles. The molecule has 0 aliphatic rings. The van der Waals surface area contributed by atoms with Crippen LogP contribution in [-0.2, 0) is 14.6 Å². The van der Waals surface area contributed by atoms with Crippen LogP contribution in [0.5, 0.6) is 0 Å². The number of hydrogen-bond donors (Lipinski definition) is 1. The van der Waals surface area contributed by atoms with Crippen molar-refractivity contribution in [2.45, 2.75) is 6.92 Å². The summed E-state index contributed by atoms with van der Waals surface area (Å²) < 4.78 is 4.71. The third kappa shape index (κ3) is 4.29. The van der Waals surface area contributed by atoms with Gasteiger partial charge in [0.1, 0.15) is 6.61 Å². The molecule has 0 spiro atoms. The second kappa shape index (κ2) is 5.20. The van der Waals surface area contributed by atoms with Crippen molar-refractivity contribution in [3.63, 3.8) is 0 Å². The predicted molar refractivity (Wildman–Crippen MR) is 33.2 cm³/mol. The van der Waals surface area contributed by atoms with Gasteiger partial charge in [0, 0.05) is 0 Å². The topological polar surface area (TPSA) is 66.4 Å². The van der Waals surface area contributed by atoms with Crippen LogP contribution in [-0.4, -0.2) is 30.9 Å². The maximum Gasteiger partial charge on any atom is 0.308 e. The van der Waals surface area contributed by atoms with Gasteiger partial charge >= 0.3 is 5.97 Å². The number of carboxylic acids is 1. The molecule has 1 atom stereocenters. The van der Waals surface area contributed by atoms with Gasteiger partial charge in [-0.15, -0.1) is 0 Å². The quantitative estimate of drug-likeness (QED) is 0.563. The summed E-state index contributed by atoms with van der Waals surface area (Å²) in [5.74, 6) is -1.42. The minimum Gasteiger partial charge on any atom is -0.481 e. The van der Waals surface area contributed by atoms with Gasteiger partial charge in [-0.1, -0.05) is 0 Å². The minimum absolute atomic E-state index is 0.0949. The van der Waals surface area contributed by atoms with E-state index in [0.717, 1.165) is 0 Å². The van der Waals surface area contributed by atoms with Crippen molar-refractivity contribution in [1.82, 2.24) is 0 Å². The van der Waals surface area contributed by atoms with Gasteiger partial charge in [-0.05, 0) is 6.92 Å². The normalized spacial score (nSPS) is 13.0. The van der Waals surface area contributed by atoms with E-state index in [2.05, 4.69) is 0 Å². The molecule has 1 unspecified atom stereocenters. The Morgan fingerprint density at radius 3 is 2.70 bits per heavy atom. The largest absolute Gasteiger partial charge is 0.481 e. The zero-order valence-electron chi connectivity index (χ0n) is 5.87. The zero-order valence-corrected chi connectivity index (χ0v) is 5.87. The van der Waals surface area contributed by atoms with Gasteiger partial charge in [0.05, 0.1) is 19.1 Å². The summed E-state index contributed by atoms with van der Waals surface area (Å²) >= 11 is 0. The molecule has 0 heterocycles. The van der Waals surface area contributed by atoms with Gasteiger partial charge in [0.2, 0.25) is 0 Å². The average molecular weight is 147 g/mol. The summed E-state index contributed by atoms with van der Waals surface area (Å²) in [6, 6.07) is 0. The Hall–Kier alpha value is -0.610. The monoisotopic (exact) mass is 147 g/mol. The van der Waals surface area contributed by atoms with E-state index in [4.69, 9.17) is 9.84 Å². The summed E-state index contributed by atoms with van der Waals surface area (Å²) in [6.45, 7) is 1.44. The number of carbonyl (C=O) groups is 1. The molecular formula is C6H11O4. The lowest BCUT2D eigenvalue weighted by Gasteiger charge is -2.04. The molecule has 0 aromatic heterocycles. The van der Waals surface area contributed by atoms with Gasteiger partial charge in [-0.2, -0.15) is 0 Å². The van der Waals surface area contributed by atoms with Crippen LogP contribution in [0.1, 0.15) is 6.92 Å². The van der Waals surface area contributed by atoms with Gasteiger partial charge in [0.25, 0.3) is 0 Å². The molecule has 1 radical (unpaired) electrons. The molecule has 10 heavy (non-hydrogen) atoms. The van der Waals surface area contributed by atoms with Crippen LogP contribution in [0.25, 0.3) is 0 Å². The van der Waals surface area contributed by atoms with E-state index in [9.17, 15) is 9.90 Å². The van der Waals surface area contributed by atoms with E-state index in [-0.39, 0.29) is 19.8 Å². The molecule has 0 aromatic carbocycles. The maximum absolute atomic E-state index is 10.1. The van der Waals surface area contributed by atoms with Crippen molar-refractivity contribution in [3.05, 3.63) is 0 Å². The van der Waals surface area contributed by atoms with E-state index >= 15 is 0 Å². The van der Waals surface area contributed by atoms with Crippen molar-refractivity contribution in [2.75, 3.05) is 19.8 Å². The number of ether oxygens (including phenoxy) is 1. The Morgan fingerprint density at radius 2 is 2.30 bits per heavy atom. The number of aliphatic carboxylic acids is 1. The second-order valence-electron chi connectivity index (χ2n) is 2.02. The Labute approximate surface area is 59.4 Å². The highest BCUT2D eigenvalue weighted by Gasteiger charge is 2.09. The van der Waals surface area contributed by atoms with Crippen molar-refractivity contribution in [1.29, 1.82) is 0 Å². The van der Waals surface area contributed by atoms with E-state index in [0.29, 0.717) is 0 Å². The Morgan fingerprint density at radius 1 is 1.70 bits per heavy atom. The van der Waals surface area contributed by atoms with Gasteiger partial charge < -0.3 is 9.84 Å². The van der Waals surface area contributed by atoms with Gasteiger partial charge in [0.15, 0.2) is 0 Å². The first-order valence-corrected chi connectivity index (χ1v) is 3.07. The third-order valence-corrected chi connectivity index (χ3v) is 1.02. The lowest BCUT2D eigenvalue weighted by molar-refractivity contribution is -0.143. The Kier molecular flexibility index (Phi) is 4.88. The highest BCUT2D eigenvalue weighted by atomic mass is 16.5. The Bertz CT molecular complexity index is 102. The van der Waals surface area contributed by atoms with E-state index < -0.39 is 11.9 Å². The summed E-state index contributed by atoms with van der Waals surface area (Å²) in [6.07, 6.45) is 0. The molecule has 0 rings (SSSR count). The van der Waals surface area contributed by atoms with Crippen molar-refractivity contribution in [3.8, 4) is 0 Å². The molecule has 0 aromatic rings. The molecule has 0 saturated heterocycles. The first kappa shape index (κ1) is 9.39. The van der Waals surface area contributed by atoms with Crippen LogP contribution in [0.15, 0.2) is 0 Å². The smallest absolute Gasteiger partial charge is 0.308 e. The maximum atomic E-state index is 10.1. The Balaban J connectivity index is 3.21. The standard InChI is InChI=1S/C6H11O4/c1-5(6(8)9)4-10-3-2-7/h5H,2-4H2,1H3,(H,8,9). The molecule has 0 amide bonds. The summed E-state index contributed by atoms with van der Waals surface area (Å²) in [4.78, 5) is 10.1. The fourth-order valence-electron chi connectivity index (χ4n) is 0.390. The predicted octanol–water partition coefficient (Wildman–Crippen LogP) is 0.154. The van der Waals surface area contributed by atoms with Crippen LogP contribution >= 0.6 is 0 Å². The van der Waals surface area contributed by atoms with Crippen LogP contribution < -0.4 is 0 Å². The van der Waals surface area contributed by atoms with Crippen molar-refractivity contribution >= 4 is 5.97 Å². The fourth-order valence-corrected chi connectivity index (χ4v) is 0.390. The van der Waals surface area contributed by atoms with Crippen LogP contribution in [0.3, 0.4) is 0 Å². The SMILES string of the molecule is CC(COCC[O])C(=O)O. The lowest BCUT2D eigenvalue weighted by Crippen LogP contribution is -2.17. The molecule has 4 nitrogen and oxygen atoms in total. The number of hydrogen-bond acceptors (Lipinski definition) is 2. The third-order valence-electron chi connectivity index (χ3n) is 1.02. The summed E-state index contributed by atoms with van der Waals surface area (Å²) in [5, 5.41) is 18.1. The van der Waals surface area contributed by atoms with Gasteiger partial charge in [-0.25, -0.2) is 5.11 Å². The molecule has 0 saturated carbocycles. The van der Waals surface area contributed by atoms with Crippen LogP contribution in [0.2, 0.25) is 0 Å². The van der Waals surface area contributed by atoms with E-state index in [1.54, 1.807) is 0 Å². The lowest BCUT2D eigenvalue weighted by atomic mass is 10.2. The fraction of sp³-hybridized carbons (Fsp3) is 0.833. The highest BCUT2D eigenvalue weighted by Crippen LogP contribution is 1.94. The molecular weight excluding hydrogens is 136 g/mol. The van der Waals surface area contributed by atoms with E-state index in [1.165, 1.54) is 6.92 Å². The second-order valence-corrected chi connectivity index (χ2v) is 2.02. The van der Waals surface area contributed by atoms with Gasteiger partial charge in [-0.3, -0.25) is 4.79 Å². The molecule has 0 fully saturated rings. The van der Waals surface area contributed by atoms with Crippen LogP contribution in [0.4, 0.5) is 0 Å². The van der Waals surface area contributed by atoms with Crippen LogP contribution in [0, 0.1) is 5.92 Å². The first-order chi connectivity index (χ1) is 4.68. The molecule has 0 aliphatic carbocycles. The molecule has 0 bridgehead atoms.